The lowest BCUT2D eigenvalue weighted by Crippen LogP contribution is -1.92. The first kappa shape index (κ1) is 7.54. The predicted octanol–water partition coefficient (Wildman–Crippen LogP) is 2.02. The van der Waals surface area contributed by atoms with Crippen molar-refractivity contribution in [1.82, 2.24) is 4.98 Å². The fourth-order valence-corrected chi connectivity index (χ4v) is 1.29. The van der Waals surface area contributed by atoms with E-state index in [0.717, 1.165) is 6.07 Å². The summed E-state index contributed by atoms with van der Waals surface area (Å²) in [5.41, 5.74) is 0.703. The summed E-state index contributed by atoms with van der Waals surface area (Å²) in [6, 6.07) is 2.60. The minimum Gasteiger partial charge on any atom is -0.408 e. The van der Waals surface area contributed by atoms with Gasteiger partial charge in [-0.1, -0.05) is 0 Å². The summed E-state index contributed by atoms with van der Waals surface area (Å²) in [5, 5.41) is 0. The van der Waals surface area contributed by atoms with Crippen LogP contribution in [-0.2, 0) is 0 Å². The van der Waals surface area contributed by atoms with E-state index >= 15 is 0 Å². The SMILES string of the molecule is O=c1[nH]c2cc(Br)c(F)cc2o1. The summed E-state index contributed by atoms with van der Waals surface area (Å²) in [4.78, 5) is 13.1. The number of rotatable bonds is 0. The smallest absolute Gasteiger partial charge is 0.408 e. The van der Waals surface area contributed by atoms with Gasteiger partial charge in [-0.25, -0.2) is 9.18 Å². The molecule has 5 heteroatoms. The topological polar surface area (TPSA) is 46.0 Å². The third kappa shape index (κ3) is 1.06. The monoisotopic (exact) mass is 231 g/mol. The second-order valence-corrected chi connectivity index (χ2v) is 3.13. The van der Waals surface area contributed by atoms with E-state index in [-0.39, 0.29) is 5.58 Å². The lowest BCUT2D eigenvalue weighted by atomic mass is 10.3. The van der Waals surface area contributed by atoms with E-state index in [1.807, 2.05) is 0 Å². The summed E-state index contributed by atoms with van der Waals surface area (Å²) in [7, 11) is 0. The van der Waals surface area contributed by atoms with Crippen LogP contribution in [0.2, 0.25) is 0 Å². The van der Waals surface area contributed by atoms with Crippen LogP contribution in [0.25, 0.3) is 11.1 Å². The van der Waals surface area contributed by atoms with Crippen LogP contribution in [0.5, 0.6) is 0 Å². The number of fused-ring (bicyclic) bond motifs is 1. The Morgan fingerprint density at radius 2 is 2.25 bits per heavy atom. The molecule has 0 radical (unpaired) electrons. The highest BCUT2D eigenvalue weighted by Crippen LogP contribution is 2.20. The average molecular weight is 232 g/mol. The van der Waals surface area contributed by atoms with Gasteiger partial charge in [0.25, 0.3) is 0 Å². The number of halogens is 2. The van der Waals surface area contributed by atoms with Crippen LogP contribution in [-0.4, -0.2) is 4.98 Å². The van der Waals surface area contributed by atoms with Gasteiger partial charge in [0, 0.05) is 6.07 Å². The number of oxazole rings is 1. The lowest BCUT2D eigenvalue weighted by Gasteiger charge is -1.91. The molecule has 0 spiro atoms. The zero-order valence-electron chi connectivity index (χ0n) is 5.73. The summed E-state index contributed by atoms with van der Waals surface area (Å²) in [5.74, 6) is -1.03. The van der Waals surface area contributed by atoms with Crippen molar-refractivity contribution < 1.29 is 8.81 Å². The normalized spacial score (nSPS) is 10.8. The fraction of sp³-hybridized carbons (Fsp3) is 0. The van der Waals surface area contributed by atoms with Gasteiger partial charge < -0.3 is 4.42 Å². The standard InChI is InChI=1S/C7H3BrFNO2/c8-3-1-5-6(2-4(3)9)12-7(11)10-5/h1-2H,(H,10,11). The summed E-state index contributed by atoms with van der Waals surface area (Å²) in [6.07, 6.45) is 0. The molecule has 0 aliphatic heterocycles. The second-order valence-electron chi connectivity index (χ2n) is 2.28. The number of hydrogen-bond acceptors (Lipinski definition) is 2. The van der Waals surface area contributed by atoms with E-state index in [9.17, 15) is 9.18 Å². The van der Waals surface area contributed by atoms with Crippen molar-refractivity contribution >= 4 is 27.0 Å². The molecule has 1 N–H and O–H groups in total. The molecule has 1 aromatic heterocycles. The van der Waals surface area contributed by atoms with Gasteiger partial charge in [0.1, 0.15) is 5.82 Å². The minimum atomic E-state index is -0.581. The third-order valence-electron chi connectivity index (χ3n) is 1.46. The maximum Gasteiger partial charge on any atom is 0.417 e. The van der Waals surface area contributed by atoms with Gasteiger partial charge in [0.2, 0.25) is 0 Å². The van der Waals surface area contributed by atoms with Gasteiger partial charge in [-0.3, -0.25) is 4.98 Å². The van der Waals surface area contributed by atoms with Crippen LogP contribution in [0, 0.1) is 5.82 Å². The van der Waals surface area contributed by atoms with Crippen LogP contribution < -0.4 is 5.76 Å². The fourth-order valence-electron chi connectivity index (χ4n) is 0.946. The highest BCUT2D eigenvalue weighted by Gasteiger charge is 2.05. The van der Waals surface area contributed by atoms with E-state index in [1.54, 1.807) is 0 Å². The van der Waals surface area contributed by atoms with E-state index in [4.69, 9.17) is 0 Å². The van der Waals surface area contributed by atoms with E-state index in [0.29, 0.717) is 9.99 Å². The van der Waals surface area contributed by atoms with Crippen LogP contribution in [0.1, 0.15) is 0 Å². The molecule has 2 aromatic rings. The Labute approximate surface area is 74.3 Å². The van der Waals surface area contributed by atoms with Crippen molar-refractivity contribution in [1.29, 1.82) is 0 Å². The molecular formula is C7H3BrFNO2. The third-order valence-corrected chi connectivity index (χ3v) is 2.07. The molecule has 0 bridgehead atoms. The van der Waals surface area contributed by atoms with Crippen LogP contribution in [0.3, 0.4) is 0 Å². The van der Waals surface area contributed by atoms with Crippen LogP contribution >= 0.6 is 15.9 Å². The van der Waals surface area contributed by atoms with Crippen molar-refractivity contribution in [3.05, 3.63) is 33.0 Å². The Balaban J connectivity index is 2.92. The molecule has 0 unspecified atom stereocenters. The largest absolute Gasteiger partial charge is 0.417 e. The molecule has 0 amide bonds. The first-order chi connectivity index (χ1) is 5.66. The van der Waals surface area contributed by atoms with E-state index in [1.165, 1.54) is 6.07 Å². The van der Waals surface area contributed by atoms with E-state index in [2.05, 4.69) is 25.3 Å². The highest BCUT2D eigenvalue weighted by molar-refractivity contribution is 9.10. The number of H-pyrrole nitrogens is 1. The molecular weight excluding hydrogens is 229 g/mol. The Kier molecular flexibility index (Phi) is 1.54. The molecule has 12 heavy (non-hydrogen) atoms. The first-order valence-corrected chi connectivity index (χ1v) is 3.94. The maximum absolute atomic E-state index is 12.8. The first-order valence-electron chi connectivity index (χ1n) is 3.15. The molecule has 62 valence electrons. The molecule has 0 saturated heterocycles. The lowest BCUT2D eigenvalue weighted by molar-refractivity contribution is 0.550. The van der Waals surface area contributed by atoms with Gasteiger partial charge >= 0.3 is 5.76 Å². The second kappa shape index (κ2) is 2.45. The van der Waals surface area contributed by atoms with Crippen molar-refractivity contribution in [3.63, 3.8) is 0 Å². The van der Waals surface area contributed by atoms with Gasteiger partial charge in [0.15, 0.2) is 5.58 Å². The van der Waals surface area contributed by atoms with Gasteiger partial charge in [-0.15, -0.1) is 0 Å². The number of hydrogen-bond donors (Lipinski definition) is 1. The Hall–Kier alpha value is -1.10. The summed E-state index contributed by atoms with van der Waals surface area (Å²) in [6.45, 7) is 0. The summed E-state index contributed by atoms with van der Waals surface area (Å²) < 4.78 is 17.8. The van der Waals surface area contributed by atoms with Gasteiger partial charge in [0.05, 0.1) is 9.99 Å². The highest BCUT2D eigenvalue weighted by atomic mass is 79.9. The van der Waals surface area contributed by atoms with Gasteiger partial charge in [-0.2, -0.15) is 0 Å². The van der Waals surface area contributed by atoms with Crippen molar-refractivity contribution in [2.24, 2.45) is 0 Å². The average Bonchev–Trinajstić information content (AvgIpc) is 2.30. The van der Waals surface area contributed by atoms with Crippen molar-refractivity contribution in [3.8, 4) is 0 Å². The molecule has 0 saturated carbocycles. The number of aromatic nitrogens is 1. The Morgan fingerprint density at radius 1 is 1.50 bits per heavy atom. The maximum atomic E-state index is 12.8. The Bertz CT molecular complexity index is 446. The van der Waals surface area contributed by atoms with Crippen LogP contribution in [0.15, 0.2) is 25.8 Å². The van der Waals surface area contributed by atoms with Gasteiger partial charge in [-0.05, 0) is 22.0 Å². The molecule has 2 rings (SSSR count). The van der Waals surface area contributed by atoms with Crippen LogP contribution in [0.4, 0.5) is 4.39 Å². The predicted molar refractivity (Wildman–Crippen MR) is 44.5 cm³/mol. The molecule has 0 aliphatic carbocycles. The number of aromatic amines is 1. The van der Waals surface area contributed by atoms with Crippen molar-refractivity contribution in [2.75, 3.05) is 0 Å². The quantitative estimate of drug-likeness (QED) is 0.755. The summed E-state index contributed by atoms with van der Waals surface area (Å²) >= 11 is 2.99. The minimum absolute atomic E-state index is 0.223. The zero-order chi connectivity index (χ0) is 8.72. The molecule has 1 aromatic carbocycles. The zero-order valence-corrected chi connectivity index (χ0v) is 7.31. The number of benzene rings is 1. The molecule has 3 nitrogen and oxygen atoms in total. The molecule has 1 heterocycles. The Morgan fingerprint density at radius 3 is 3.00 bits per heavy atom. The number of nitrogens with one attached hydrogen (secondary N) is 1. The molecule has 0 fully saturated rings. The van der Waals surface area contributed by atoms with E-state index < -0.39 is 11.6 Å². The molecule has 0 atom stereocenters. The molecule has 0 aliphatic rings. The van der Waals surface area contributed by atoms with Crippen molar-refractivity contribution in [2.45, 2.75) is 0 Å².